The van der Waals surface area contributed by atoms with Crippen LogP contribution in [-0.2, 0) is 11.3 Å². The first-order valence-electron chi connectivity index (χ1n) is 9.48. The minimum atomic E-state index is -0.293. The number of nitrogens with zero attached hydrogens (tertiary/aromatic N) is 3. The zero-order valence-electron chi connectivity index (χ0n) is 16.7. The summed E-state index contributed by atoms with van der Waals surface area (Å²) in [4.78, 5) is 26.8. The molecule has 1 heterocycles. The molecule has 0 saturated carbocycles. The quantitative estimate of drug-likeness (QED) is 0.576. The minimum Gasteiger partial charge on any atom is -0.330 e. The Labute approximate surface area is 185 Å². The Balaban J connectivity index is 1.66. The summed E-state index contributed by atoms with van der Waals surface area (Å²) in [5.41, 5.74) is 2.84. The van der Waals surface area contributed by atoms with E-state index < -0.39 is 0 Å². The van der Waals surface area contributed by atoms with Crippen LogP contribution in [0, 0.1) is 6.92 Å². The fraction of sp³-hybridized carbons (Fsp3) is 0.227. The van der Waals surface area contributed by atoms with Gasteiger partial charge in [0, 0.05) is 28.5 Å². The van der Waals surface area contributed by atoms with Gasteiger partial charge in [-0.2, -0.15) is 5.10 Å². The topological polar surface area (TPSA) is 67.2 Å². The number of aromatic nitrogens is 2. The fourth-order valence-electron chi connectivity index (χ4n) is 2.96. The molecule has 1 N–H and O–H groups in total. The molecular formula is C22H22Cl2N4O2. The standard InChI is InChI=1S/C22H22Cl2N4O2/c1-3-27(14-21(29)26-20-10-18(23)9-8-15(20)2)22(30)17-11-25-28(13-17)12-16-6-4-5-7-19(16)24/h4-11,13H,3,12,14H2,1-2H3,(H,26,29). The van der Waals surface area contributed by atoms with Crippen molar-refractivity contribution in [1.82, 2.24) is 14.7 Å². The van der Waals surface area contributed by atoms with Crippen LogP contribution in [0.2, 0.25) is 10.0 Å². The summed E-state index contributed by atoms with van der Waals surface area (Å²) < 4.78 is 1.65. The molecule has 0 aliphatic rings. The van der Waals surface area contributed by atoms with Crippen LogP contribution in [0.5, 0.6) is 0 Å². The first-order valence-corrected chi connectivity index (χ1v) is 10.2. The van der Waals surface area contributed by atoms with Crippen molar-refractivity contribution < 1.29 is 9.59 Å². The molecule has 156 valence electrons. The van der Waals surface area contributed by atoms with Crippen molar-refractivity contribution in [2.24, 2.45) is 0 Å². The average molecular weight is 445 g/mol. The molecule has 0 saturated heterocycles. The normalized spacial score (nSPS) is 10.7. The van der Waals surface area contributed by atoms with E-state index >= 15 is 0 Å². The van der Waals surface area contributed by atoms with Crippen LogP contribution in [0.1, 0.15) is 28.4 Å². The second kappa shape index (κ2) is 9.78. The van der Waals surface area contributed by atoms with Gasteiger partial charge in [0.05, 0.1) is 18.3 Å². The van der Waals surface area contributed by atoms with Gasteiger partial charge < -0.3 is 10.2 Å². The molecule has 0 atom stereocenters. The maximum atomic E-state index is 12.9. The number of hydrogen-bond acceptors (Lipinski definition) is 3. The summed E-state index contributed by atoms with van der Waals surface area (Å²) >= 11 is 12.2. The highest BCUT2D eigenvalue weighted by Crippen LogP contribution is 2.20. The third kappa shape index (κ3) is 5.40. The molecule has 0 radical (unpaired) electrons. The van der Waals surface area contributed by atoms with E-state index in [4.69, 9.17) is 23.2 Å². The van der Waals surface area contributed by atoms with E-state index in [1.54, 1.807) is 23.0 Å². The van der Waals surface area contributed by atoms with Crippen molar-refractivity contribution in [1.29, 1.82) is 0 Å². The molecule has 2 aromatic carbocycles. The third-order valence-electron chi connectivity index (χ3n) is 4.65. The van der Waals surface area contributed by atoms with Crippen LogP contribution in [-0.4, -0.2) is 39.6 Å². The molecule has 30 heavy (non-hydrogen) atoms. The van der Waals surface area contributed by atoms with Crippen LogP contribution in [0.3, 0.4) is 0 Å². The number of aryl methyl sites for hydroxylation is 1. The number of amides is 2. The first-order chi connectivity index (χ1) is 14.4. The van der Waals surface area contributed by atoms with Crippen molar-refractivity contribution in [2.75, 3.05) is 18.4 Å². The number of nitrogens with one attached hydrogen (secondary N) is 1. The van der Waals surface area contributed by atoms with Gasteiger partial charge in [-0.25, -0.2) is 0 Å². The van der Waals surface area contributed by atoms with E-state index in [9.17, 15) is 9.59 Å². The summed E-state index contributed by atoms with van der Waals surface area (Å²) in [6, 6.07) is 12.8. The summed E-state index contributed by atoms with van der Waals surface area (Å²) in [5.74, 6) is -0.556. The number of rotatable bonds is 7. The second-order valence-corrected chi connectivity index (χ2v) is 7.69. The first kappa shape index (κ1) is 21.9. The van der Waals surface area contributed by atoms with Crippen LogP contribution in [0.25, 0.3) is 0 Å². The van der Waals surface area contributed by atoms with Gasteiger partial charge in [-0.05, 0) is 43.2 Å². The predicted octanol–water partition coefficient (Wildman–Crippen LogP) is 4.65. The van der Waals surface area contributed by atoms with Crippen molar-refractivity contribution in [3.63, 3.8) is 0 Å². The van der Waals surface area contributed by atoms with E-state index in [2.05, 4.69) is 10.4 Å². The van der Waals surface area contributed by atoms with Gasteiger partial charge >= 0.3 is 0 Å². The van der Waals surface area contributed by atoms with Gasteiger partial charge in [0.25, 0.3) is 5.91 Å². The van der Waals surface area contributed by atoms with Gasteiger partial charge in [0.2, 0.25) is 5.91 Å². The number of halogens is 2. The zero-order chi connectivity index (χ0) is 21.7. The summed E-state index contributed by atoms with van der Waals surface area (Å²) in [6.07, 6.45) is 3.16. The second-order valence-electron chi connectivity index (χ2n) is 6.84. The van der Waals surface area contributed by atoms with Crippen molar-refractivity contribution >= 4 is 40.7 Å². The molecule has 3 aromatic rings. The molecule has 1 aromatic heterocycles. The van der Waals surface area contributed by atoms with Gasteiger partial charge in [-0.3, -0.25) is 14.3 Å². The molecular weight excluding hydrogens is 423 g/mol. The maximum Gasteiger partial charge on any atom is 0.257 e. The van der Waals surface area contributed by atoms with E-state index in [-0.39, 0.29) is 18.4 Å². The van der Waals surface area contributed by atoms with E-state index in [0.29, 0.717) is 34.4 Å². The molecule has 6 nitrogen and oxygen atoms in total. The zero-order valence-corrected chi connectivity index (χ0v) is 18.2. The van der Waals surface area contributed by atoms with Crippen molar-refractivity contribution in [2.45, 2.75) is 20.4 Å². The highest BCUT2D eigenvalue weighted by molar-refractivity contribution is 6.31. The van der Waals surface area contributed by atoms with Gasteiger partial charge in [-0.1, -0.05) is 47.5 Å². The lowest BCUT2D eigenvalue weighted by Gasteiger charge is -2.20. The van der Waals surface area contributed by atoms with Gasteiger partial charge in [0.1, 0.15) is 6.54 Å². The smallest absolute Gasteiger partial charge is 0.257 e. The highest BCUT2D eigenvalue weighted by Gasteiger charge is 2.19. The fourth-order valence-corrected chi connectivity index (χ4v) is 3.33. The SMILES string of the molecule is CCN(CC(=O)Nc1cc(Cl)ccc1C)C(=O)c1cnn(Cc2ccccc2Cl)c1. The predicted molar refractivity (Wildman–Crippen MR) is 119 cm³/mol. The van der Waals surface area contributed by atoms with E-state index in [1.807, 2.05) is 44.2 Å². The lowest BCUT2D eigenvalue weighted by Crippen LogP contribution is -2.37. The van der Waals surface area contributed by atoms with Crippen LogP contribution >= 0.6 is 23.2 Å². The molecule has 3 rings (SSSR count). The van der Waals surface area contributed by atoms with Crippen LogP contribution < -0.4 is 5.32 Å². The largest absolute Gasteiger partial charge is 0.330 e. The Bertz CT molecular complexity index is 1060. The van der Waals surface area contributed by atoms with Gasteiger partial charge in [0.15, 0.2) is 0 Å². The summed E-state index contributed by atoms with van der Waals surface area (Å²) in [5, 5.41) is 8.24. The molecule has 0 aliphatic heterocycles. The van der Waals surface area contributed by atoms with Crippen LogP contribution in [0.4, 0.5) is 5.69 Å². The number of carbonyl (C=O) groups excluding carboxylic acids is 2. The Hall–Kier alpha value is -2.83. The molecule has 0 bridgehead atoms. The van der Waals surface area contributed by atoms with E-state index in [0.717, 1.165) is 11.1 Å². The molecule has 0 unspecified atom stereocenters. The molecule has 8 heteroatoms. The highest BCUT2D eigenvalue weighted by atomic mass is 35.5. The molecule has 0 spiro atoms. The van der Waals surface area contributed by atoms with Crippen LogP contribution in [0.15, 0.2) is 54.9 Å². The Kier molecular flexibility index (Phi) is 7.13. The number of hydrogen-bond donors (Lipinski definition) is 1. The Morgan fingerprint density at radius 2 is 1.93 bits per heavy atom. The summed E-state index contributed by atoms with van der Waals surface area (Å²) in [7, 11) is 0. The van der Waals surface area contributed by atoms with Crippen molar-refractivity contribution in [3.05, 3.63) is 81.6 Å². The summed E-state index contributed by atoms with van der Waals surface area (Å²) in [6.45, 7) is 4.47. The Morgan fingerprint density at radius 3 is 2.67 bits per heavy atom. The maximum absolute atomic E-state index is 12.9. The molecule has 0 fully saturated rings. The Morgan fingerprint density at radius 1 is 1.17 bits per heavy atom. The van der Waals surface area contributed by atoms with E-state index in [1.165, 1.54) is 11.1 Å². The van der Waals surface area contributed by atoms with Crippen molar-refractivity contribution in [3.8, 4) is 0 Å². The molecule has 0 aliphatic carbocycles. The number of anilines is 1. The minimum absolute atomic E-state index is 0.0724. The number of carbonyl (C=O) groups is 2. The third-order valence-corrected chi connectivity index (χ3v) is 5.25. The lowest BCUT2D eigenvalue weighted by molar-refractivity contribution is -0.116. The number of benzene rings is 2. The lowest BCUT2D eigenvalue weighted by atomic mass is 10.2. The molecule has 2 amide bonds. The monoisotopic (exact) mass is 444 g/mol. The average Bonchev–Trinajstić information content (AvgIpc) is 3.19. The number of likely N-dealkylation sites (N-methyl/N-ethyl adjacent to an activating group) is 1. The van der Waals surface area contributed by atoms with Gasteiger partial charge in [-0.15, -0.1) is 0 Å².